The van der Waals surface area contributed by atoms with Crippen molar-refractivity contribution in [2.24, 2.45) is 0 Å². The van der Waals surface area contributed by atoms with Crippen LogP contribution in [-0.2, 0) is 4.74 Å². The lowest BCUT2D eigenvalue weighted by atomic mass is 10.2. The fourth-order valence-electron chi connectivity index (χ4n) is 2.32. The smallest absolute Gasteiger partial charge is 0.317 e. The first-order valence-electron chi connectivity index (χ1n) is 7.16. The van der Waals surface area contributed by atoms with Crippen LogP contribution < -0.4 is 5.32 Å². The minimum Gasteiger partial charge on any atom is -0.467 e. The Balaban J connectivity index is 1.69. The van der Waals surface area contributed by atoms with Crippen LogP contribution >= 0.6 is 0 Å². The summed E-state index contributed by atoms with van der Waals surface area (Å²) in [6, 6.07) is 3.48. The Morgan fingerprint density at radius 3 is 2.86 bits per heavy atom. The second kappa shape index (κ2) is 8.02. The Bertz CT molecular complexity index is 416. The molecular weight excluding hydrogens is 274 g/mol. The van der Waals surface area contributed by atoms with Gasteiger partial charge in [-0.3, -0.25) is 4.90 Å². The van der Waals surface area contributed by atoms with Crippen LogP contribution in [0.15, 0.2) is 22.8 Å². The zero-order valence-electron chi connectivity index (χ0n) is 12.3. The molecule has 2 heterocycles. The Hall–Kier alpha value is -1.57. The minimum absolute atomic E-state index is 0.0571. The summed E-state index contributed by atoms with van der Waals surface area (Å²) < 4.78 is 10.1. The largest absolute Gasteiger partial charge is 0.467 e. The summed E-state index contributed by atoms with van der Waals surface area (Å²) in [5.74, 6) is 0.578. The lowest BCUT2D eigenvalue weighted by Crippen LogP contribution is -2.52. The van der Waals surface area contributed by atoms with Gasteiger partial charge in [-0.15, -0.1) is 0 Å². The van der Waals surface area contributed by atoms with Crippen molar-refractivity contribution in [1.82, 2.24) is 15.1 Å². The van der Waals surface area contributed by atoms with E-state index < -0.39 is 6.10 Å². The molecule has 7 heteroatoms. The van der Waals surface area contributed by atoms with Crippen molar-refractivity contribution in [1.29, 1.82) is 0 Å². The zero-order chi connectivity index (χ0) is 15.1. The molecule has 1 saturated heterocycles. The van der Waals surface area contributed by atoms with Gasteiger partial charge in [-0.05, 0) is 12.1 Å². The van der Waals surface area contributed by atoms with Crippen LogP contribution in [0, 0.1) is 0 Å². The number of aliphatic hydroxyl groups is 1. The summed E-state index contributed by atoms with van der Waals surface area (Å²) in [5.41, 5.74) is 0. The molecule has 0 radical (unpaired) electrons. The predicted octanol–water partition coefficient (Wildman–Crippen LogP) is 0.287. The average Bonchev–Trinajstić information content (AvgIpc) is 3.02. The number of ether oxygens (including phenoxy) is 1. The summed E-state index contributed by atoms with van der Waals surface area (Å²) >= 11 is 0. The molecule has 0 bridgehead atoms. The topological polar surface area (TPSA) is 78.2 Å². The molecule has 0 spiro atoms. The van der Waals surface area contributed by atoms with Gasteiger partial charge < -0.3 is 24.5 Å². The molecule has 7 nitrogen and oxygen atoms in total. The van der Waals surface area contributed by atoms with Crippen LogP contribution in [0.3, 0.4) is 0 Å². The molecule has 0 unspecified atom stereocenters. The second-order valence-corrected chi connectivity index (χ2v) is 5.04. The standard InChI is InChI=1S/C14H23N3O4/c1-20-10-4-15-14(19)17-7-5-16(6-8-17)11-12(18)13-3-2-9-21-13/h2-3,9,12,18H,4-8,10-11H2,1H3,(H,15,19)/t12-/m1/s1. The number of nitrogens with zero attached hydrogens (tertiary/aromatic N) is 2. The number of methoxy groups -OCH3 is 1. The maximum absolute atomic E-state index is 11.9. The average molecular weight is 297 g/mol. The number of furan rings is 1. The van der Waals surface area contributed by atoms with Crippen LogP contribution in [0.5, 0.6) is 0 Å². The zero-order valence-corrected chi connectivity index (χ0v) is 12.3. The van der Waals surface area contributed by atoms with E-state index in [9.17, 15) is 9.90 Å². The van der Waals surface area contributed by atoms with Gasteiger partial charge in [0.1, 0.15) is 11.9 Å². The normalized spacial score (nSPS) is 17.7. The molecule has 1 aliphatic heterocycles. The highest BCUT2D eigenvalue weighted by atomic mass is 16.5. The number of nitrogens with one attached hydrogen (secondary N) is 1. The maximum Gasteiger partial charge on any atom is 0.317 e. The summed E-state index contributed by atoms with van der Waals surface area (Å²) in [6.45, 7) is 4.36. The summed E-state index contributed by atoms with van der Waals surface area (Å²) in [6.07, 6.45) is 0.933. The van der Waals surface area contributed by atoms with Gasteiger partial charge in [0.2, 0.25) is 0 Å². The first kappa shape index (κ1) is 15.8. The van der Waals surface area contributed by atoms with Gasteiger partial charge in [0, 0.05) is 46.4 Å². The van der Waals surface area contributed by atoms with E-state index in [1.807, 2.05) is 0 Å². The third-order valence-corrected chi connectivity index (χ3v) is 3.54. The van der Waals surface area contributed by atoms with Gasteiger partial charge >= 0.3 is 6.03 Å². The van der Waals surface area contributed by atoms with Crippen LogP contribution in [0.4, 0.5) is 4.79 Å². The summed E-state index contributed by atoms with van der Waals surface area (Å²) in [5, 5.41) is 12.8. The Morgan fingerprint density at radius 2 is 2.24 bits per heavy atom. The highest BCUT2D eigenvalue weighted by Crippen LogP contribution is 2.15. The van der Waals surface area contributed by atoms with Crippen LogP contribution in [0.1, 0.15) is 11.9 Å². The number of rotatable bonds is 6. The number of hydrogen-bond donors (Lipinski definition) is 2. The third kappa shape index (κ3) is 4.73. The van der Waals surface area contributed by atoms with E-state index in [2.05, 4.69) is 10.2 Å². The number of hydrogen-bond acceptors (Lipinski definition) is 5. The molecule has 0 aromatic carbocycles. The summed E-state index contributed by atoms with van der Waals surface area (Å²) in [4.78, 5) is 15.8. The molecular formula is C14H23N3O4. The number of carbonyl (C=O) groups excluding carboxylic acids is 1. The van der Waals surface area contributed by atoms with Crippen molar-refractivity contribution in [3.05, 3.63) is 24.2 Å². The molecule has 118 valence electrons. The van der Waals surface area contributed by atoms with E-state index in [1.165, 1.54) is 0 Å². The number of carbonyl (C=O) groups is 1. The van der Waals surface area contributed by atoms with Gasteiger partial charge in [-0.2, -0.15) is 0 Å². The van der Waals surface area contributed by atoms with Crippen LogP contribution in [-0.4, -0.2) is 73.9 Å². The molecule has 1 aromatic rings. The first-order valence-corrected chi connectivity index (χ1v) is 7.16. The molecule has 1 fully saturated rings. The van der Waals surface area contributed by atoms with Crippen molar-refractivity contribution in [2.45, 2.75) is 6.10 Å². The molecule has 21 heavy (non-hydrogen) atoms. The Kier molecular flexibility index (Phi) is 6.04. The maximum atomic E-state index is 11.9. The number of β-amino-alcohol motifs (C(OH)–C–C–N with tert-alkyl or cyclic N) is 1. The number of amides is 2. The van der Waals surface area contributed by atoms with Crippen LogP contribution in [0.2, 0.25) is 0 Å². The van der Waals surface area contributed by atoms with Crippen molar-refractivity contribution < 1.29 is 19.1 Å². The minimum atomic E-state index is -0.623. The second-order valence-electron chi connectivity index (χ2n) is 5.04. The van der Waals surface area contributed by atoms with Crippen LogP contribution in [0.25, 0.3) is 0 Å². The fourth-order valence-corrected chi connectivity index (χ4v) is 2.32. The van der Waals surface area contributed by atoms with E-state index in [4.69, 9.17) is 9.15 Å². The molecule has 0 aliphatic carbocycles. The number of aliphatic hydroxyl groups excluding tert-OH is 1. The quantitative estimate of drug-likeness (QED) is 0.738. The molecule has 0 saturated carbocycles. The SMILES string of the molecule is COCCNC(=O)N1CCN(C[C@@H](O)c2ccco2)CC1. The van der Waals surface area contributed by atoms with E-state index >= 15 is 0 Å². The Morgan fingerprint density at radius 1 is 1.48 bits per heavy atom. The van der Waals surface area contributed by atoms with Crippen molar-refractivity contribution in [2.75, 3.05) is 53.0 Å². The Labute approximate surface area is 124 Å². The number of piperazine rings is 1. The molecule has 1 aromatic heterocycles. The van der Waals surface area contributed by atoms with Crippen molar-refractivity contribution >= 4 is 6.03 Å². The number of urea groups is 1. The van der Waals surface area contributed by atoms with E-state index in [1.54, 1.807) is 30.4 Å². The lowest BCUT2D eigenvalue weighted by Gasteiger charge is -2.35. The van der Waals surface area contributed by atoms with E-state index in [0.717, 1.165) is 13.1 Å². The molecule has 1 aliphatic rings. The van der Waals surface area contributed by atoms with E-state index in [-0.39, 0.29) is 6.03 Å². The first-order chi connectivity index (χ1) is 10.2. The lowest BCUT2D eigenvalue weighted by molar-refractivity contribution is 0.0689. The van der Waals surface area contributed by atoms with E-state index in [0.29, 0.717) is 38.5 Å². The fraction of sp³-hybridized carbons (Fsp3) is 0.643. The highest BCUT2D eigenvalue weighted by molar-refractivity contribution is 5.74. The van der Waals surface area contributed by atoms with Crippen molar-refractivity contribution in [3.8, 4) is 0 Å². The predicted molar refractivity (Wildman–Crippen MR) is 77.0 cm³/mol. The molecule has 2 amide bonds. The molecule has 1 atom stereocenters. The van der Waals surface area contributed by atoms with Crippen molar-refractivity contribution in [3.63, 3.8) is 0 Å². The highest BCUT2D eigenvalue weighted by Gasteiger charge is 2.23. The summed E-state index contributed by atoms with van der Waals surface area (Å²) in [7, 11) is 1.61. The monoisotopic (exact) mass is 297 g/mol. The van der Waals surface area contributed by atoms with Gasteiger partial charge in [0.15, 0.2) is 0 Å². The third-order valence-electron chi connectivity index (χ3n) is 3.54. The van der Waals surface area contributed by atoms with Gasteiger partial charge in [-0.25, -0.2) is 4.79 Å². The van der Waals surface area contributed by atoms with Gasteiger partial charge in [0.25, 0.3) is 0 Å². The molecule has 2 rings (SSSR count). The van der Waals surface area contributed by atoms with Gasteiger partial charge in [-0.1, -0.05) is 0 Å². The van der Waals surface area contributed by atoms with Gasteiger partial charge in [0.05, 0.1) is 12.9 Å². The molecule has 2 N–H and O–H groups in total.